The minimum absolute atomic E-state index is 0.403. The molecule has 1 aromatic carbocycles. The van der Waals surface area contributed by atoms with Crippen molar-refractivity contribution in [3.05, 3.63) is 54.4 Å². The second-order valence-electron chi connectivity index (χ2n) is 6.95. The number of hydrogen-bond donors (Lipinski definition) is 2. The van der Waals surface area contributed by atoms with Gasteiger partial charge in [0.15, 0.2) is 0 Å². The molecule has 0 bridgehead atoms. The monoisotopic (exact) mass is 398 g/mol. The van der Waals surface area contributed by atoms with Gasteiger partial charge in [0.2, 0.25) is 0 Å². The highest BCUT2D eigenvalue weighted by Crippen LogP contribution is 2.24. The van der Waals surface area contributed by atoms with Crippen LogP contribution in [0.25, 0.3) is 0 Å². The largest absolute Gasteiger partial charge is 0.348 e. The lowest BCUT2D eigenvalue weighted by molar-refractivity contribution is -0.136. The Morgan fingerprint density at radius 3 is 2.64 bits per heavy atom. The van der Waals surface area contributed by atoms with Crippen LogP contribution in [0, 0.1) is 5.92 Å². The number of carbonyl (C=O) groups excluding carboxylic acids is 2. The summed E-state index contributed by atoms with van der Waals surface area (Å²) in [7, 11) is 0. The number of thioether (sulfide) groups is 1. The zero-order valence-corrected chi connectivity index (χ0v) is 16.9. The first kappa shape index (κ1) is 20.4. The van der Waals surface area contributed by atoms with Crippen molar-refractivity contribution in [2.24, 2.45) is 5.92 Å². The molecule has 1 aromatic heterocycles. The molecule has 148 valence electrons. The first-order valence-corrected chi connectivity index (χ1v) is 10.7. The lowest BCUT2D eigenvalue weighted by atomic mass is 9.96. The number of carbonyl (C=O) groups is 2. The predicted molar refractivity (Wildman–Crippen MR) is 112 cm³/mol. The summed E-state index contributed by atoms with van der Waals surface area (Å²) in [5.74, 6) is -0.787. The van der Waals surface area contributed by atoms with Crippen LogP contribution < -0.4 is 10.6 Å². The molecule has 3 rings (SSSR count). The van der Waals surface area contributed by atoms with Crippen molar-refractivity contribution >= 4 is 29.3 Å². The number of likely N-dealkylation sites (tertiary alicyclic amines) is 1. The minimum atomic E-state index is -0.615. The van der Waals surface area contributed by atoms with Crippen molar-refractivity contribution in [1.82, 2.24) is 15.2 Å². The number of nitrogens with one attached hydrogen (secondary N) is 2. The first-order valence-electron chi connectivity index (χ1n) is 9.49. The van der Waals surface area contributed by atoms with Gasteiger partial charge in [0.05, 0.1) is 5.69 Å². The Bertz CT molecular complexity index is 792. The lowest BCUT2D eigenvalue weighted by Crippen LogP contribution is -2.41. The van der Waals surface area contributed by atoms with Crippen LogP contribution in [0.1, 0.15) is 18.4 Å². The summed E-state index contributed by atoms with van der Waals surface area (Å²) < 4.78 is 0. The lowest BCUT2D eigenvalue weighted by Gasteiger charge is -2.31. The highest BCUT2D eigenvalue weighted by Gasteiger charge is 2.21. The van der Waals surface area contributed by atoms with E-state index < -0.39 is 11.8 Å². The van der Waals surface area contributed by atoms with E-state index in [4.69, 9.17) is 0 Å². The topological polar surface area (TPSA) is 74.3 Å². The van der Waals surface area contributed by atoms with E-state index in [1.807, 2.05) is 36.7 Å². The van der Waals surface area contributed by atoms with Crippen LogP contribution in [0.5, 0.6) is 0 Å². The van der Waals surface area contributed by atoms with Crippen LogP contribution in [0.3, 0.4) is 0 Å². The molecular formula is C21H26N4O2S. The van der Waals surface area contributed by atoms with Gasteiger partial charge in [0.25, 0.3) is 0 Å². The molecule has 0 radical (unpaired) electrons. The van der Waals surface area contributed by atoms with Gasteiger partial charge in [-0.1, -0.05) is 18.2 Å². The number of amides is 2. The molecular weight excluding hydrogens is 372 g/mol. The third-order valence-corrected chi connectivity index (χ3v) is 5.74. The molecule has 2 heterocycles. The van der Waals surface area contributed by atoms with E-state index in [-0.39, 0.29) is 0 Å². The smallest absolute Gasteiger partial charge is 0.313 e. The molecule has 28 heavy (non-hydrogen) atoms. The average molecular weight is 399 g/mol. The van der Waals surface area contributed by atoms with Gasteiger partial charge >= 0.3 is 11.8 Å². The third kappa shape index (κ3) is 5.81. The molecule has 0 atom stereocenters. The van der Waals surface area contributed by atoms with Gasteiger partial charge in [-0.05, 0) is 61.9 Å². The number of anilines is 1. The average Bonchev–Trinajstić information content (AvgIpc) is 2.74. The quantitative estimate of drug-likeness (QED) is 0.578. The van der Waals surface area contributed by atoms with Crippen LogP contribution in [0.2, 0.25) is 0 Å². The summed E-state index contributed by atoms with van der Waals surface area (Å²) in [4.78, 5) is 31.8. The molecule has 0 saturated carbocycles. The Morgan fingerprint density at radius 2 is 1.93 bits per heavy atom. The summed E-state index contributed by atoms with van der Waals surface area (Å²) in [5.41, 5.74) is 1.88. The maximum absolute atomic E-state index is 12.2. The minimum Gasteiger partial charge on any atom is -0.348 e. The second-order valence-corrected chi connectivity index (χ2v) is 7.79. The molecule has 2 N–H and O–H groups in total. The number of rotatable bonds is 6. The standard InChI is InChI=1S/C21H26N4O2S/c1-28-19-7-3-2-6-18(19)24-21(27)20(26)23-14-16-8-11-25(12-9-16)15-17-5-4-10-22-13-17/h2-7,10,13,16H,8-9,11-12,14-15H2,1H3,(H,23,26)(H,24,27). The van der Waals surface area contributed by atoms with E-state index in [1.54, 1.807) is 12.3 Å². The fraction of sp³-hybridized carbons (Fsp3) is 0.381. The van der Waals surface area contributed by atoms with Crippen molar-refractivity contribution in [1.29, 1.82) is 0 Å². The SMILES string of the molecule is CSc1ccccc1NC(=O)C(=O)NCC1CCN(Cc2cccnc2)CC1. The number of piperidine rings is 1. The zero-order valence-electron chi connectivity index (χ0n) is 16.1. The summed E-state index contributed by atoms with van der Waals surface area (Å²) in [5, 5.41) is 5.49. The molecule has 7 heteroatoms. The van der Waals surface area contributed by atoms with Crippen LogP contribution in [0.4, 0.5) is 5.69 Å². The fourth-order valence-corrected chi connectivity index (χ4v) is 3.90. The highest BCUT2D eigenvalue weighted by atomic mass is 32.2. The van der Waals surface area contributed by atoms with E-state index in [2.05, 4.69) is 26.6 Å². The van der Waals surface area contributed by atoms with Crippen molar-refractivity contribution in [3.8, 4) is 0 Å². The maximum atomic E-state index is 12.2. The summed E-state index contributed by atoms with van der Waals surface area (Å²) >= 11 is 1.53. The van der Waals surface area contributed by atoms with Gasteiger partial charge in [0, 0.05) is 30.4 Å². The number of aromatic nitrogens is 1. The third-order valence-electron chi connectivity index (χ3n) is 4.95. The van der Waals surface area contributed by atoms with Crippen LogP contribution in [-0.2, 0) is 16.1 Å². The molecule has 1 fully saturated rings. The normalized spacial score (nSPS) is 15.2. The number of benzene rings is 1. The fourth-order valence-electron chi connectivity index (χ4n) is 3.34. The molecule has 0 aliphatic carbocycles. The van der Waals surface area contributed by atoms with Gasteiger partial charge in [-0.15, -0.1) is 11.8 Å². The predicted octanol–water partition coefficient (Wildman–Crippen LogP) is 2.77. The summed E-state index contributed by atoms with van der Waals surface area (Å²) in [6, 6.07) is 11.5. The Balaban J connectivity index is 1.40. The molecule has 6 nitrogen and oxygen atoms in total. The van der Waals surface area contributed by atoms with Crippen molar-refractivity contribution < 1.29 is 9.59 Å². The van der Waals surface area contributed by atoms with E-state index in [0.29, 0.717) is 18.2 Å². The van der Waals surface area contributed by atoms with Crippen molar-refractivity contribution in [3.63, 3.8) is 0 Å². The second kappa shape index (κ2) is 10.2. The molecule has 1 aliphatic heterocycles. The Morgan fingerprint density at radius 1 is 1.14 bits per heavy atom. The van der Waals surface area contributed by atoms with Gasteiger partial charge in [-0.3, -0.25) is 19.5 Å². The highest BCUT2D eigenvalue weighted by molar-refractivity contribution is 7.98. The number of hydrogen-bond acceptors (Lipinski definition) is 5. The van der Waals surface area contributed by atoms with E-state index in [0.717, 1.165) is 37.4 Å². The Hall–Kier alpha value is -2.38. The van der Waals surface area contributed by atoms with Crippen LogP contribution >= 0.6 is 11.8 Å². The van der Waals surface area contributed by atoms with Gasteiger partial charge < -0.3 is 10.6 Å². The van der Waals surface area contributed by atoms with Crippen LogP contribution in [0.15, 0.2) is 53.7 Å². The number of para-hydroxylation sites is 1. The molecule has 0 spiro atoms. The van der Waals surface area contributed by atoms with Crippen molar-refractivity contribution in [2.45, 2.75) is 24.3 Å². The molecule has 2 aromatic rings. The van der Waals surface area contributed by atoms with Gasteiger partial charge in [0.1, 0.15) is 0 Å². The molecule has 1 aliphatic rings. The number of nitrogens with zero attached hydrogens (tertiary/aromatic N) is 2. The van der Waals surface area contributed by atoms with Gasteiger partial charge in [-0.2, -0.15) is 0 Å². The zero-order chi connectivity index (χ0) is 19.8. The van der Waals surface area contributed by atoms with Crippen LogP contribution in [-0.4, -0.2) is 47.6 Å². The first-order chi connectivity index (χ1) is 13.7. The van der Waals surface area contributed by atoms with Crippen molar-refractivity contribution in [2.75, 3.05) is 31.2 Å². The Kier molecular flexibility index (Phi) is 7.45. The number of pyridine rings is 1. The van der Waals surface area contributed by atoms with E-state index in [1.165, 1.54) is 17.3 Å². The Labute approximate surface area is 170 Å². The van der Waals surface area contributed by atoms with E-state index in [9.17, 15) is 9.59 Å². The maximum Gasteiger partial charge on any atom is 0.313 e. The van der Waals surface area contributed by atoms with Gasteiger partial charge in [-0.25, -0.2) is 0 Å². The summed E-state index contributed by atoms with van der Waals surface area (Å²) in [6.07, 6.45) is 7.65. The molecule has 1 saturated heterocycles. The molecule has 0 unspecified atom stereocenters. The van der Waals surface area contributed by atoms with E-state index >= 15 is 0 Å². The molecule has 2 amide bonds. The summed E-state index contributed by atoms with van der Waals surface area (Å²) in [6.45, 7) is 3.42.